The highest BCUT2D eigenvalue weighted by atomic mass is 35.5. The number of hydrogen-bond acceptors (Lipinski definition) is 4. The maximum atomic E-state index is 12.9. The normalized spacial score (nSPS) is 15.7. The summed E-state index contributed by atoms with van der Waals surface area (Å²) in [6.45, 7) is 6.30. The van der Waals surface area contributed by atoms with E-state index in [4.69, 9.17) is 16.3 Å². The first-order chi connectivity index (χ1) is 12.7. The molecule has 0 atom stereocenters. The Hall–Kier alpha value is -1.63. The molecule has 1 aromatic heterocycles. The van der Waals surface area contributed by atoms with Gasteiger partial charge in [0.05, 0.1) is 23.2 Å². The number of hydrogen-bond donors (Lipinski definition) is 1. The van der Waals surface area contributed by atoms with Gasteiger partial charge in [-0.05, 0) is 57.7 Å². The Bertz CT molecular complexity index is 920. The summed E-state index contributed by atoms with van der Waals surface area (Å²) in [7, 11) is 1.51. The maximum absolute atomic E-state index is 12.9. The van der Waals surface area contributed by atoms with Gasteiger partial charge in [-0.3, -0.25) is 4.79 Å². The van der Waals surface area contributed by atoms with Crippen LogP contribution in [0.15, 0.2) is 23.2 Å². The highest BCUT2D eigenvalue weighted by Crippen LogP contribution is 2.31. The average molecular weight is 409 g/mol. The molecule has 1 saturated carbocycles. The molecular weight excluding hydrogens is 384 g/mol. The molecule has 0 spiro atoms. The number of carbonyl (C=O) groups excluding carboxylic acids is 1. The van der Waals surface area contributed by atoms with Crippen molar-refractivity contribution in [2.24, 2.45) is 10.9 Å². The van der Waals surface area contributed by atoms with Crippen LogP contribution in [-0.4, -0.2) is 22.7 Å². The molecule has 0 aliphatic heterocycles. The molecule has 0 saturated heterocycles. The standard InChI is InChI=1S/C20H25ClN2O3S/c1-12-17(20(2,3)25)27-19(23(12)11-13-6-5-7-13)22-18(24)15-10-14(21)8-9-16(15)26-4/h8-10,13,25H,5-7,11H2,1-4H3/b22-19-. The van der Waals surface area contributed by atoms with Gasteiger partial charge in [-0.25, -0.2) is 0 Å². The Morgan fingerprint density at radius 1 is 1.44 bits per heavy atom. The summed E-state index contributed by atoms with van der Waals surface area (Å²) in [6.07, 6.45) is 3.63. The Morgan fingerprint density at radius 3 is 2.70 bits per heavy atom. The Kier molecular flexibility index (Phi) is 5.79. The third kappa shape index (κ3) is 4.28. The lowest BCUT2D eigenvalue weighted by Gasteiger charge is -2.26. The van der Waals surface area contributed by atoms with Gasteiger partial charge >= 0.3 is 0 Å². The van der Waals surface area contributed by atoms with Gasteiger partial charge in [0, 0.05) is 17.3 Å². The van der Waals surface area contributed by atoms with Gasteiger partial charge in [-0.2, -0.15) is 4.99 Å². The molecular formula is C20H25ClN2O3S. The molecule has 0 bridgehead atoms. The summed E-state index contributed by atoms with van der Waals surface area (Å²) < 4.78 is 7.35. The fourth-order valence-corrected chi connectivity index (χ4v) is 4.59. The monoisotopic (exact) mass is 408 g/mol. The summed E-state index contributed by atoms with van der Waals surface area (Å²) in [6, 6.07) is 4.91. The molecule has 2 aromatic rings. The topological polar surface area (TPSA) is 63.8 Å². The van der Waals surface area contributed by atoms with Gasteiger partial charge in [-0.1, -0.05) is 29.4 Å². The van der Waals surface area contributed by atoms with Crippen molar-refractivity contribution in [1.29, 1.82) is 0 Å². The number of carbonyl (C=O) groups is 1. The van der Waals surface area contributed by atoms with E-state index in [1.54, 1.807) is 32.0 Å². The van der Waals surface area contributed by atoms with Gasteiger partial charge in [0.25, 0.3) is 5.91 Å². The quantitative estimate of drug-likeness (QED) is 0.802. The maximum Gasteiger partial charge on any atom is 0.283 e. The fraction of sp³-hybridized carbons (Fsp3) is 0.500. The number of thiazole rings is 1. The van der Waals surface area contributed by atoms with E-state index < -0.39 is 11.5 Å². The first-order valence-corrected chi connectivity index (χ1v) is 10.3. The number of rotatable bonds is 5. The van der Waals surface area contributed by atoms with Crippen molar-refractivity contribution in [2.75, 3.05) is 7.11 Å². The van der Waals surface area contributed by atoms with Crippen LogP contribution < -0.4 is 9.54 Å². The zero-order valence-corrected chi connectivity index (χ0v) is 17.7. The van der Waals surface area contributed by atoms with Gasteiger partial charge in [0.1, 0.15) is 5.75 Å². The first-order valence-electron chi connectivity index (χ1n) is 9.06. The highest BCUT2D eigenvalue weighted by molar-refractivity contribution is 7.09. The molecule has 1 aliphatic rings. The summed E-state index contributed by atoms with van der Waals surface area (Å²) in [5.41, 5.74) is 0.306. The van der Waals surface area contributed by atoms with E-state index >= 15 is 0 Å². The lowest BCUT2D eigenvalue weighted by Crippen LogP contribution is -2.26. The predicted octanol–water partition coefficient (Wildman–Crippen LogP) is 4.29. The van der Waals surface area contributed by atoms with Crippen molar-refractivity contribution >= 4 is 28.8 Å². The molecule has 146 valence electrons. The van der Waals surface area contributed by atoms with Crippen LogP contribution in [0.2, 0.25) is 5.02 Å². The lowest BCUT2D eigenvalue weighted by atomic mass is 9.85. The second kappa shape index (κ2) is 7.78. The molecule has 0 radical (unpaired) electrons. The van der Waals surface area contributed by atoms with Crippen LogP contribution in [0.3, 0.4) is 0 Å². The van der Waals surface area contributed by atoms with E-state index in [0.29, 0.717) is 27.1 Å². The number of benzene rings is 1. The minimum atomic E-state index is -0.985. The zero-order chi connectivity index (χ0) is 19.8. The van der Waals surface area contributed by atoms with E-state index in [0.717, 1.165) is 17.1 Å². The molecule has 27 heavy (non-hydrogen) atoms. The van der Waals surface area contributed by atoms with Crippen molar-refractivity contribution in [3.8, 4) is 5.75 Å². The molecule has 7 heteroatoms. The number of methoxy groups -OCH3 is 1. The second-order valence-corrected chi connectivity index (χ2v) is 8.94. The number of aromatic nitrogens is 1. The van der Waals surface area contributed by atoms with Crippen LogP contribution in [0.5, 0.6) is 5.75 Å². The van der Waals surface area contributed by atoms with Crippen LogP contribution in [0.25, 0.3) is 0 Å². The lowest BCUT2D eigenvalue weighted by molar-refractivity contribution is 0.0811. The van der Waals surface area contributed by atoms with Crippen molar-refractivity contribution in [3.05, 3.63) is 44.2 Å². The molecule has 1 fully saturated rings. The first kappa shape index (κ1) is 20.1. The Morgan fingerprint density at radius 2 is 2.15 bits per heavy atom. The van der Waals surface area contributed by atoms with E-state index in [-0.39, 0.29) is 0 Å². The second-order valence-electron chi connectivity index (χ2n) is 7.53. The number of halogens is 1. The number of nitrogens with zero attached hydrogens (tertiary/aromatic N) is 2. The van der Waals surface area contributed by atoms with Gasteiger partial charge in [0.2, 0.25) is 0 Å². The summed E-state index contributed by atoms with van der Waals surface area (Å²) in [4.78, 5) is 18.7. The summed E-state index contributed by atoms with van der Waals surface area (Å²) >= 11 is 7.41. The van der Waals surface area contributed by atoms with E-state index in [1.807, 2.05) is 6.92 Å². The minimum Gasteiger partial charge on any atom is -0.496 e. The smallest absolute Gasteiger partial charge is 0.283 e. The fourth-order valence-electron chi connectivity index (χ4n) is 3.28. The van der Waals surface area contributed by atoms with Crippen LogP contribution in [0.4, 0.5) is 0 Å². The van der Waals surface area contributed by atoms with Crippen LogP contribution in [-0.2, 0) is 12.1 Å². The van der Waals surface area contributed by atoms with Crippen molar-refractivity contribution in [1.82, 2.24) is 4.57 Å². The van der Waals surface area contributed by atoms with Crippen LogP contribution in [0, 0.1) is 12.8 Å². The SMILES string of the molecule is COc1ccc(Cl)cc1C(=O)/N=c1\sc(C(C)(C)O)c(C)n1CC1CCC1. The van der Waals surface area contributed by atoms with Gasteiger partial charge < -0.3 is 14.4 Å². The van der Waals surface area contributed by atoms with E-state index in [2.05, 4.69) is 9.56 Å². The largest absolute Gasteiger partial charge is 0.496 e. The molecule has 0 unspecified atom stereocenters. The van der Waals surface area contributed by atoms with Gasteiger partial charge in [-0.15, -0.1) is 0 Å². The molecule has 1 aliphatic carbocycles. The van der Waals surface area contributed by atoms with Crippen molar-refractivity contribution < 1.29 is 14.6 Å². The number of amides is 1. The zero-order valence-electron chi connectivity index (χ0n) is 16.1. The van der Waals surface area contributed by atoms with Crippen LogP contribution >= 0.6 is 22.9 Å². The number of aliphatic hydroxyl groups is 1. The molecule has 3 rings (SSSR count). The third-order valence-corrected chi connectivity index (χ3v) is 6.70. The molecule has 5 nitrogen and oxygen atoms in total. The summed E-state index contributed by atoms with van der Waals surface area (Å²) in [5, 5.41) is 11.0. The van der Waals surface area contributed by atoms with Crippen molar-refractivity contribution in [2.45, 2.75) is 52.2 Å². The Balaban J connectivity index is 2.09. The minimum absolute atomic E-state index is 0.330. The third-order valence-electron chi connectivity index (χ3n) is 4.97. The average Bonchev–Trinajstić information content (AvgIpc) is 2.87. The predicted molar refractivity (Wildman–Crippen MR) is 108 cm³/mol. The Labute approximate surface area is 168 Å². The highest BCUT2D eigenvalue weighted by Gasteiger charge is 2.26. The molecule has 1 amide bonds. The number of ether oxygens (including phenoxy) is 1. The molecule has 1 aromatic carbocycles. The van der Waals surface area contributed by atoms with Gasteiger partial charge in [0.15, 0.2) is 4.80 Å². The molecule has 1 N–H and O–H groups in total. The van der Waals surface area contributed by atoms with E-state index in [1.165, 1.54) is 37.7 Å². The van der Waals surface area contributed by atoms with Crippen molar-refractivity contribution in [3.63, 3.8) is 0 Å². The van der Waals surface area contributed by atoms with Crippen LogP contribution in [0.1, 0.15) is 54.0 Å². The molecule has 1 heterocycles. The summed E-state index contributed by atoms with van der Waals surface area (Å²) in [5.74, 6) is 0.637. The van der Waals surface area contributed by atoms with E-state index in [9.17, 15) is 9.90 Å².